The third-order valence-corrected chi connectivity index (χ3v) is 3.34. The maximum absolute atomic E-state index is 13.8. The zero-order chi connectivity index (χ0) is 13.7. The van der Waals surface area contributed by atoms with Crippen molar-refractivity contribution in [3.05, 3.63) is 29.6 Å². The summed E-state index contributed by atoms with van der Waals surface area (Å²) in [7, 11) is 2.03. The Balaban J connectivity index is 2.97. The summed E-state index contributed by atoms with van der Waals surface area (Å²) in [5.41, 5.74) is 7.27. The summed E-state index contributed by atoms with van der Waals surface area (Å²) in [5, 5.41) is 0. The van der Waals surface area contributed by atoms with Crippen molar-refractivity contribution in [2.75, 3.05) is 18.5 Å². The van der Waals surface area contributed by atoms with Crippen molar-refractivity contribution in [2.24, 2.45) is 11.7 Å². The molecule has 3 heteroatoms. The molecule has 0 heterocycles. The summed E-state index contributed by atoms with van der Waals surface area (Å²) >= 11 is 0. The van der Waals surface area contributed by atoms with Gasteiger partial charge in [0.05, 0.1) is 0 Å². The molecular weight excluding hydrogens is 227 g/mol. The molecule has 1 aromatic rings. The van der Waals surface area contributed by atoms with Gasteiger partial charge in [0.15, 0.2) is 0 Å². The molecule has 0 radical (unpaired) electrons. The van der Waals surface area contributed by atoms with Crippen LogP contribution in [0.4, 0.5) is 10.1 Å². The second-order valence-electron chi connectivity index (χ2n) is 5.37. The molecule has 0 aliphatic rings. The van der Waals surface area contributed by atoms with Gasteiger partial charge in [0, 0.05) is 24.3 Å². The van der Waals surface area contributed by atoms with Gasteiger partial charge in [-0.25, -0.2) is 4.39 Å². The zero-order valence-electron chi connectivity index (χ0n) is 11.9. The molecule has 0 saturated heterocycles. The standard InChI is InChI=1S/C15H25FN2/c1-11(2)10-12(3)18(4)15-7-5-6-14(16)13(15)8-9-17/h5-7,11-12H,8-10,17H2,1-4H3. The van der Waals surface area contributed by atoms with Crippen LogP contribution in [0.1, 0.15) is 32.8 Å². The van der Waals surface area contributed by atoms with Crippen LogP contribution in [-0.2, 0) is 6.42 Å². The van der Waals surface area contributed by atoms with Crippen molar-refractivity contribution in [3.8, 4) is 0 Å². The Labute approximate surface area is 110 Å². The Morgan fingerprint density at radius 3 is 2.50 bits per heavy atom. The molecule has 102 valence electrons. The Morgan fingerprint density at radius 1 is 1.28 bits per heavy atom. The predicted molar refractivity (Wildman–Crippen MR) is 76.5 cm³/mol. The molecule has 0 saturated carbocycles. The highest BCUT2D eigenvalue weighted by atomic mass is 19.1. The molecule has 0 aromatic heterocycles. The molecule has 2 nitrogen and oxygen atoms in total. The van der Waals surface area contributed by atoms with E-state index in [1.165, 1.54) is 6.07 Å². The largest absolute Gasteiger partial charge is 0.372 e. The van der Waals surface area contributed by atoms with E-state index in [1.807, 2.05) is 13.1 Å². The van der Waals surface area contributed by atoms with E-state index in [9.17, 15) is 4.39 Å². The van der Waals surface area contributed by atoms with Crippen LogP contribution in [0.5, 0.6) is 0 Å². The lowest BCUT2D eigenvalue weighted by molar-refractivity contribution is 0.502. The number of benzene rings is 1. The predicted octanol–water partition coefficient (Wildman–Crippen LogP) is 3.20. The Kier molecular flexibility index (Phi) is 5.60. The van der Waals surface area contributed by atoms with Gasteiger partial charge in [-0.3, -0.25) is 0 Å². The summed E-state index contributed by atoms with van der Waals surface area (Å²) in [6.45, 7) is 7.06. The van der Waals surface area contributed by atoms with Crippen molar-refractivity contribution in [1.29, 1.82) is 0 Å². The average molecular weight is 252 g/mol. The maximum Gasteiger partial charge on any atom is 0.128 e. The summed E-state index contributed by atoms with van der Waals surface area (Å²) in [5.74, 6) is 0.482. The summed E-state index contributed by atoms with van der Waals surface area (Å²) in [6, 6.07) is 5.65. The van der Waals surface area contributed by atoms with Crippen molar-refractivity contribution < 1.29 is 4.39 Å². The number of halogens is 1. The smallest absolute Gasteiger partial charge is 0.128 e. The van der Waals surface area contributed by atoms with Crippen molar-refractivity contribution in [1.82, 2.24) is 0 Å². The lowest BCUT2D eigenvalue weighted by atomic mass is 10.0. The van der Waals surface area contributed by atoms with Gasteiger partial charge in [0.1, 0.15) is 5.82 Å². The lowest BCUT2D eigenvalue weighted by Gasteiger charge is -2.30. The van der Waals surface area contributed by atoms with E-state index in [2.05, 4.69) is 25.7 Å². The molecular formula is C15H25FN2. The van der Waals surface area contributed by atoms with Crippen LogP contribution in [-0.4, -0.2) is 19.6 Å². The zero-order valence-corrected chi connectivity index (χ0v) is 11.9. The molecule has 0 fully saturated rings. The van der Waals surface area contributed by atoms with Crippen molar-refractivity contribution in [2.45, 2.75) is 39.7 Å². The molecule has 0 amide bonds. The Hall–Kier alpha value is -1.09. The number of nitrogens with two attached hydrogens (primary N) is 1. The highest BCUT2D eigenvalue weighted by Crippen LogP contribution is 2.25. The van der Waals surface area contributed by atoms with E-state index in [-0.39, 0.29) is 5.82 Å². The molecule has 0 aliphatic heterocycles. The summed E-state index contributed by atoms with van der Waals surface area (Å²) < 4.78 is 13.8. The third-order valence-electron chi connectivity index (χ3n) is 3.34. The number of nitrogens with zero attached hydrogens (tertiary/aromatic N) is 1. The number of hydrogen-bond donors (Lipinski definition) is 1. The van der Waals surface area contributed by atoms with Crippen LogP contribution in [0.25, 0.3) is 0 Å². The molecule has 18 heavy (non-hydrogen) atoms. The second-order valence-corrected chi connectivity index (χ2v) is 5.37. The van der Waals surface area contributed by atoms with Gasteiger partial charge in [-0.1, -0.05) is 19.9 Å². The quantitative estimate of drug-likeness (QED) is 0.842. The first-order valence-electron chi connectivity index (χ1n) is 6.67. The highest BCUT2D eigenvalue weighted by Gasteiger charge is 2.16. The first-order valence-corrected chi connectivity index (χ1v) is 6.67. The number of anilines is 1. The summed E-state index contributed by atoms with van der Waals surface area (Å²) in [4.78, 5) is 2.16. The average Bonchev–Trinajstić information content (AvgIpc) is 2.30. The third kappa shape index (κ3) is 3.70. The monoisotopic (exact) mass is 252 g/mol. The van der Waals surface area contributed by atoms with E-state index in [0.717, 1.165) is 17.7 Å². The Bertz CT molecular complexity index is 377. The van der Waals surface area contributed by atoms with Gasteiger partial charge in [-0.05, 0) is 44.4 Å². The van der Waals surface area contributed by atoms with Crippen molar-refractivity contribution in [3.63, 3.8) is 0 Å². The molecule has 0 aliphatic carbocycles. The van der Waals surface area contributed by atoms with Gasteiger partial charge in [-0.15, -0.1) is 0 Å². The molecule has 1 rings (SSSR count). The minimum Gasteiger partial charge on any atom is -0.372 e. The molecule has 0 spiro atoms. The van der Waals surface area contributed by atoms with E-state index >= 15 is 0 Å². The number of hydrogen-bond acceptors (Lipinski definition) is 2. The summed E-state index contributed by atoms with van der Waals surface area (Å²) in [6.07, 6.45) is 1.68. The maximum atomic E-state index is 13.8. The van der Waals surface area contributed by atoms with Gasteiger partial charge in [-0.2, -0.15) is 0 Å². The highest BCUT2D eigenvalue weighted by molar-refractivity contribution is 5.54. The van der Waals surface area contributed by atoms with E-state index < -0.39 is 0 Å². The van der Waals surface area contributed by atoms with Crippen LogP contribution >= 0.6 is 0 Å². The molecule has 1 atom stereocenters. The fraction of sp³-hybridized carbons (Fsp3) is 0.600. The van der Waals surface area contributed by atoms with Gasteiger partial charge < -0.3 is 10.6 Å². The molecule has 0 bridgehead atoms. The van der Waals surface area contributed by atoms with Crippen LogP contribution in [0.15, 0.2) is 18.2 Å². The molecule has 1 aromatic carbocycles. The molecule has 2 N–H and O–H groups in total. The topological polar surface area (TPSA) is 29.3 Å². The minimum absolute atomic E-state index is 0.151. The van der Waals surface area contributed by atoms with Crippen LogP contribution in [0, 0.1) is 11.7 Å². The minimum atomic E-state index is -0.151. The SMILES string of the molecule is CC(C)CC(C)N(C)c1cccc(F)c1CCN. The van der Waals surface area contributed by atoms with E-state index in [1.54, 1.807) is 6.07 Å². The van der Waals surface area contributed by atoms with Crippen molar-refractivity contribution >= 4 is 5.69 Å². The second kappa shape index (κ2) is 6.74. The van der Waals surface area contributed by atoms with Crippen LogP contribution in [0.2, 0.25) is 0 Å². The van der Waals surface area contributed by atoms with Crippen LogP contribution < -0.4 is 10.6 Å². The van der Waals surface area contributed by atoms with Gasteiger partial charge in [0.2, 0.25) is 0 Å². The van der Waals surface area contributed by atoms with E-state index in [0.29, 0.717) is 24.9 Å². The van der Waals surface area contributed by atoms with Gasteiger partial charge in [0.25, 0.3) is 0 Å². The fourth-order valence-electron chi connectivity index (χ4n) is 2.35. The van der Waals surface area contributed by atoms with Gasteiger partial charge >= 0.3 is 0 Å². The first kappa shape index (κ1) is 15.0. The normalized spacial score (nSPS) is 12.8. The Morgan fingerprint density at radius 2 is 1.94 bits per heavy atom. The van der Waals surface area contributed by atoms with Crippen LogP contribution in [0.3, 0.4) is 0 Å². The lowest BCUT2D eigenvalue weighted by Crippen LogP contribution is -2.31. The molecule has 1 unspecified atom stereocenters. The fourth-order valence-corrected chi connectivity index (χ4v) is 2.35. The number of rotatable bonds is 6. The van der Waals surface area contributed by atoms with E-state index in [4.69, 9.17) is 5.73 Å². The first-order chi connectivity index (χ1) is 8.47.